The van der Waals surface area contributed by atoms with Gasteiger partial charge in [-0.25, -0.2) is 0 Å². The summed E-state index contributed by atoms with van der Waals surface area (Å²) in [5, 5.41) is 14.0. The maximum absolute atomic E-state index is 13.0. The number of carbonyl (C=O) groups is 1. The summed E-state index contributed by atoms with van der Waals surface area (Å²) in [6, 6.07) is 14.4. The Morgan fingerprint density at radius 2 is 2.09 bits per heavy atom. The number of hydrogen-bond acceptors (Lipinski definition) is 5. The fourth-order valence-corrected chi connectivity index (χ4v) is 6.13. The average Bonchev–Trinajstić information content (AvgIpc) is 3.06. The molecule has 0 bridgehead atoms. The van der Waals surface area contributed by atoms with Crippen LogP contribution in [-0.4, -0.2) is 42.2 Å². The van der Waals surface area contributed by atoms with Gasteiger partial charge in [0.1, 0.15) is 5.75 Å². The minimum absolute atomic E-state index is 0.0819. The minimum Gasteiger partial charge on any atom is -0.497 e. The second-order valence-electron chi connectivity index (χ2n) is 9.43. The summed E-state index contributed by atoms with van der Waals surface area (Å²) >= 11 is 1.78. The van der Waals surface area contributed by atoms with Crippen LogP contribution in [0.4, 0.5) is 5.69 Å². The van der Waals surface area contributed by atoms with Gasteiger partial charge in [-0.05, 0) is 79.0 Å². The summed E-state index contributed by atoms with van der Waals surface area (Å²) in [4.78, 5) is 16.5. The van der Waals surface area contributed by atoms with E-state index in [1.54, 1.807) is 18.4 Å². The van der Waals surface area contributed by atoms with Crippen molar-refractivity contribution >= 4 is 46.0 Å². The minimum atomic E-state index is -0.497. The van der Waals surface area contributed by atoms with E-state index in [1.807, 2.05) is 18.2 Å². The number of nitrogens with one attached hydrogen (secondary N) is 2. The molecule has 7 heteroatoms. The van der Waals surface area contributed by atoms with Crippen LogP contribution in [0.5, 0.6) is 5.75 Å². The van der Waals surface area contributed by atoms with Crippen molar-refractivity contribution in [2.45, 2.75) is 24.3 Å². The summed E-state index contributed by atoms with van der Waals surface area (Å²) in [6.07, 6.45) is 4.98. The first-order valence-electron chi connectivity index (χ1n) is 11.4. The zero-order valence-electron chi connectivity index (χ0n) is 19.4. The number of thiophene rings is 1. The highest BCUT2D eigenvalue weighted by Crippen LogP contribution is 2.65. The number of rotatable bonds is 6. The summed E-state index contributed by atoms with van der Waals surface area (Å²) in [7, 11) is 5.82. The number of hydrogen-bond donors (Lipinski definition) is 2. The molecule has 0 saturated heterocycles. The van der Waals surface area contributed by atoms with Gasteiger partial charge in [-0.3, -0.25) is 9.89 Å². The van der Waals surface area contributed by atoms with E-state index in [4.69, 9.17) is 4.74 Å². The Morgan fingerprint density at radius 3 is 2.91 bits per heavy atom. The number of carbonyl (C=O) groups excluding carboxylic acids is 1. The third-order valence-corrected chi connectivity index (χ3v) is 7.86. The predicted octanol–water partition coefficient (Wildman–Crippen LogP) is 5.24. The van der Waals surface area contributed by atoms with Gasteiger partial charge in [0.05, 0.1) is 23.7 Å². The van der Waals surface area contributed by atoms with E-state index in [2.05, 4.69) is 76.3 Å². The van der Waals surface area contributed by atoms with Crippen molar-refractivity contribution in [3.63, 3.8) is 0 Å². The van der Waals surface area contributed by atoms with Crippen LogP contribution >= 0.6 is 11.3 Å². The van der Waals surface area contributed by atoms with Crippen LogP contribution in [0.25, 0.3) is 23.1 Å². The first kappa shape index (κ1) is 21.1. The lowest BCUT2D eigenvalue weighted by molar-refractivity contribution is -0.118. The summed E-state index contributed by atoms with van der Waals surface area (Å²) in [5.74, 6) is 1.01. The van der Waals surface area contributed by atoms with Gasteiger partial charge in [0.2, 0.25) is 5.91 Å². The molecule has 1 aliphatic heterocycles. The van der Waals surface area contributed by atoms with Crippen LogP contribution in [0.15, 0.2) is 47.8 Å². The van der Waals surface area contributed by atoms with Gasteiger partial charge in [0.15, 0.2) is 0 Å². The lowest BCUT2D eigenvalue weighted by Crippen LogP contribution is -2.21. The number of anilines is 1. The Bertz CT molecular complexity index is 1450. The largest absolute Gasteiger partial charge is 0.497 e. The highest BCUT2D eigenvalue weighted by Gasteiger charge is 2.65. The maximum Gasteiger partial charge on any atom is 0.235 e. The van der Waals surface area contributed by atoms with E-state index in [-0.39, 0.29) is 11.8 Å². The van der Waals surface area contributed by atoms with Crippen LogP contribution in [0, 0.1) is 0 Å². The first-order chi connectivity index (χ1) is 16.5. The summed E-state index contributed by atoms with van der Waals surface area (Å²) in [6.45, 7) is 0.949. The molecule has 2 N–H and O–H groups in total. The Kier molecular flexibility index (Phi) is 4.86. The van der Waals surface area contributed by atoms with Crippen molar-refractivity contribution in [3.05, 3.63) is 75.1 Å². The number of aromatic amines is 1. The van der Waals surface area contributed by atoms with E-state index in [1.165, 1.54) is 10.4 Å². The Hall–Kier alpha value is -3.42. The van der Waals surface area contributed by atoms with Gasteiger partial charge in [0.25, 0.3) is 0 Å². The van der Waals surface area contributed by atoms with Crippen molar-refractivity contribution in [1.29, 1.82) is 0 Å². The molecule has 3 heterocycles. The number of methoxy groups -OCH3 is 1. The van der Waals surface area contributed by atoms with Crippen LogP contribution in [-0.2, 0) is 16.8 Å². The number of nitrogens with zero attached hydrogens (tertiary/aromatic N) is 2. The number of H-pyrrole nitrogens is 1. The van der Waals surface area contributed by atoms with Gasteiger partial charge >= 0.3 is 0 Å². The molecule has 1 saturated carbocycles. The predicted molar refractivity (Wildman–Crippen MR) is 137 cm³/mol. The Balaban J connectivity index is 1.26. The molecule has 1 spiro atoms. The molecular formula is C27H26N4O2S. The van der Waals surface area contributed by atoms with Gasteiger partial charge in [-0.2, -0.15) is 5.10 Å². The monoisotopic (exact) mass is 470 g/mol. The lowest BCUT2D eigenvalue weighted by atomic mass is 9.91. The maximum atomic E-state index is 13.0. The third kappa shape index (κ3) is 3.35. The molecule has 1 fully saturated rings. The Labute approximate surface area is 202 Å². The van der Waals surface area contributed by atoms with Gasteiger partial charge in [-0.15, -0.1) is 11.3 Å². The molecule has 6 rings (SSSR count). The molecule has 6 nitrogen and oxygen atoms in total. The van der Waals surface area contributed by atoms with Crippen molar-refractivity contribution in [1.82, 2.24) is 15.1 Å². The third-order valence-electron chi connectivity index (χ3n) is 6.92. The average molecular weight is 471 g/mol. The van der Waals surface area contributed by atoms with Crippen LogP contribution in [0.3, 0.4) is 0 Å². The molecular weight excluding hydrogens is 444 g/mol. The topological polar surface area (TPSA) is 70.2 Å². The van der Waals surface area contributed by atoms with E-state index in [0.29, 0.717) is 0 Å². The van der Waals surface area contributed by atoms with Gasteiger partial charge < -0.3 is 15.0 Å². The molecule has 1 aliphatic carbocycles. The van der Waals surface area contributed by atoms with Gasteiger partial charge in [0, 0.05) is 28.4 Å². The SMILES string of the molecule is COc1ccc2c(c1)C1(CC1c1ccc3c(/C=C/c4csc(CN(C)C)c4)n[nH]c3c1)C(=O)N2. The second kappa shape index (κ2) is 7.82. The van der Waals surface area contributed by atoms with E-state index < -0.39 is 5.41 Å². The smallest absolute Gasteiger partial charge is 0.235 e. The molecule has 2 aromatic heterocycles. The fraction of sp³-hybridized carbons (Fsp3) is 0.259. The highest BCUT2D eigenvalue weighted by atomic mass is 32.1. The zero-order chi connectivity index (χ0) is 23.4. The number of amides is 1. The molecule has 4 aromatic rings. The van der Waals surface area contributed by atoms with Crippen molar-refractivity contribution in [3.8, 4) is 5.75 Å². The van der Waals surface area contributed by atoms with Crippen LogP contribution < -0.4 is 10.1 Å². The molecule has 172 valence electrons. The van der Waals surface area contributed by atoms with Crippen molar-refractivity contribution < 1.29 is 9.53 Å². The van der Waals surface area contributed by atoms with E-state index in [9.17, 15) is 4.79 Å². The molecule has 2 unspecified atom stereocenters. The molecule has 2 aliphatic rings. The van der Waals surface area contributed by atoms with E-state index in [0.717, 1.165) is 52.1 Å². The zero-order valence-corrected chi connectivity index (χ0v) is 20.2. The molecule has 2 atom stereocenters. The molecule has 34 heavy (non-hydrogen) atoms. The first-order valence-corrected chi connectivity index (χ1v) is 12.2. The molecule has 1 amide bonds. The fourth-order valence-electron chi connectivity index (χ4n) is 5.16. The normalized spacial score (nSPS) is 21.1. The standard InChI is InChI=1S/C27H26N4O2S/c1-31(2)14-19-10-16(15-34-19)4-8-23-20-7-5-17(11-25(20)30-29-23)22-13-27(22)21-12-18(33-3)6-9-24(21)28-26(27)32/h4-12,15,22H,13-14H2,1-3H3,(H,28,32)(H,29,30)/b8-4+. The number of ether oxygens (including phenoxy) is 1. The number of benzene rings is 2. The summed E-state index contributed by atoms with van der Waals surface area (Å²) < 4.78 is 5.41. The van der Waals surface area contributed by atoms with Crippen LogP contribution in [0.1, 0.15) is 39.6 Å². The van der Waals surface area contributed by atoms with Crippen molar-refractivity contribution in [2.24, 2.45) is 0 Å². The van der Waals surface area contributed by atoms with Crippen molar-refractivity contribution in [2.75, 3.05) is 26.5 Å². The second-order valence-corrected chi connectivity index (χ2v) is 10.4. The van der Waals surface area contributed by atoms with E-state index >= 15 is 0 Å². The van der Waals surface area contributed by atoms with Gasteiger partial charge in [-0.1, -0.05) is 18.2 Å². The van der Waals surface area contributed by atoms with Crippen LogP contribution in [0.2, 0.25) is 0 Å². The molecule has 2 aromatic carbocycles. The quantitative estimate of drug-likeness (QED) is 0.404. The molecule has 0 radical (unpaired) electrons. The Morgan fingerprint density at radius 1 is 1.21 bits per heavy atom. The number of fused-ring (bicyclic) bond motifs is 3. The lowest BCUT2D eigenvalue weighted by Gasteiger charge is -2.10. The summed E-state index contributed by atoms with van der Waals surface area (Å²) in [5.41, 5.74) is 5.69. The number of aromatic nitrogens is 2. The highest BCUT2D eigenvalue weighted by molar-refractivity contribution is 7.10.